The first kappa shape index (κ1) is 17.2. The van der Waals surface area contributed by atoms with Gasteiger partial charge in [0, 0.05) is 4.47 Å². The van der Waals surface area contributed by atoms with Crippen molar-refractivity contribution in [1.82, 2.24) is 14.9 Å². The lowest BCUT2D eigenvalue weighted by molar-refractivity contribution is -0.123. The van der Waals surface area contributed by atoms with E-state index in [1.54, 1.807) is 25.1 Å². The highest BCUT2D eigenvalue weighted by atomic mass is 79.9. The second kappa shape index (κ2) is 6.50. The summed E-state index contributed by atoms with van der Waals surface area (Å²) in [5.74, 6) is -0.458. The minimum atomic E-state index is -0.978. The number of nitrogens with one attached hydrogen (secondary N) is 1. The molecule has 0 radical (unpaired) electrons. The van der Waals surface area contributed by atoms with E-state index in [9.17, 15) is 14.9 Å². The first-order valence-electron chi connectivity index (χ1n) is 7.14. The molecule has 0 spiro atoms. The fourth-order valence-electron chi connectivity index (χ4n) is 2.03. The monoisotopic (exact) mass is 376 g/mol. The maximum absolute atomic E-state index is 12.4. The molecule has 0 saturated heterocycles. The quantitative estimate of drug-likeness (QED) is 0.885. The zero-order chi connectivity index (χ0) is 17.2. The zero-order valence-electron chi connectivity index (χ0n) is 13.1. The summed E-state index contributed by atoms with van der Waals surface area (Å²) < 4.78 is 2.00. The average Bonchev–Trinajstić information content (AvgIpc) is 2.50. The van der Waals surface area contributed by atoms with Crippen molar-refractivity contribution < 1.29 is 4.79 Å². The molecule has 6 nitrogen and oxygen atoms in total. The van der Waals surface area contributed by atoms with Gasteiger partial charge < -0.3 is 5.32 Å². The summed E-state index contributed by atoms with van der Waals surface area (Å²) >= 11 is 3.32. The van der Waals surface area contributed by atoms with Crippen LogP contribution in [0.3, 0.4) is 0 Å². The van der Waals surface area contributed by atoms with Crippen molar-refractivity contribution in [3.05, 3.63) is 39.4 Å². The Bertz CT molecular complexity index is 853. The summed E-state index contributed by atoms with van der Waals surface area (Å²) in [4.78, 5) is 28.8. The van der Waals surface area contributed by atoms with Crippen LogP contribution >= 0.6 is 15.9 Å². The molecule has 120 valence electrons. The van der Waals surface area contributed by atoms with Crippen LogP contribution < -0.4 is 10.9 Å². The molecule has 1 aromatic heterocycles. The fraction of sp³-hybridized carbons (Fsp3) is 0.375. The lowest BCUT2D eigenvalue weighted by Gasteiger charge is -2.27. The molecule has 0 fully saturated rings. The molecule has 1 N–H and O–H groups in total. The number of rotatable bonds is 4. The molecule has 0 aliphatic heterocycles. The highest BCUT2D eigenvalue weighted by Gasteiger charge is 2.30. The Morgan fingerprint density at radius 2 is 2.22 bits per heavy atom. The number of hydrogen-bond acceptors (Lipinski definition) is 4. The van der Waals surface area contributed by atoms with Crippen LogP contribution in [0.2, 0.25) is 0 Å². The molecule has 0 saturated carbocycles. The van der Waals surface area contributed by atoms with Crippen LogP contribution in [0.1, 0.15) is 20.8 Å². The van der Waals surface area contributed by atoms with Gasteiger partial charge in [-0.3, -0.25) is 14.2 Å². The van der Waals surface area contributed by atoms with Crippen LogP contribution in [-0.4, -0.2) is 21.0 Å². The van der Waals surface area contributed by atoms with E-state index < -0.39 is 11.4 Å². The number of hydrogen-bond donors (Lipinski definition) is 1. The van der Waals surface area contributed by atoms with E-state index in [-0.39, 0.29) is 18.0 Å². The van der Waals surface area contributed by atoms with Gasteiger partial charge in [0.15, 0.2) is 0 Å². The van der Waals surface area contributed by atoms with Crippen LogP contribution in [0.15, 0.2) is 33.8 Å². The Morgan fingerprint density at radius 3 is 2.83 bits per heavy atom. The molecule has 1 amide bonds. The molecule has 2 rings (SSSR count). The van der Waals surface area contributed by atoms with Crippen molar-refractivity contribution in [3.63, 3.8) is 0 Å². The smallest absolute Gasteiger partial charge is 0.261 e. The van der Waals surface area contributed by atoms with Gasteiger partial charge in [0.25, 0.3) is 5.56 Å². The van der Waals surface area contributed by atoms with Crippen LogP contribution in [0.5, 0.6) is 0 Å². The molecular weight excluding hydrogens is 360 g/mol. The van der Waals surface area contributed by atoms with E-state index in [2.05, 4.69) is 32.3 Å². The summed E-state index contributed by atoms with van der Waals surface area (Å²) in [6, 6.07) is 7.31. The van der Waals surface area contributed by atoms with Gasteiger partial charge in [-0.25, -0.2) is 4.98 Å². The summed E-state index contributed by atoms with van der Waals surface area (Å²) in [5, 5.41) is 12.4. The Labute approximate surface area is 142 Å². The van der Waals surface area contributed by atoms with Gasteiger partial charge in [-0.05, 0) is 31.0 Å². The molecule has 0 aliphatic rings. The zero-order valence-corrected chi connectivity index (χ0v) is 14.7. The number of fused-ring (bicyclic) bond motifs is 1. The van der Waals surface area contributed by atoms with E-state index >= 15 is 0 Å². The van der Waals surface area contributed by atoms with E-state index in [0.717, 1.165) is 4.47 Å². The van der Waals surface area contributed by atoms with Gasteiger partial charge in [0.2, 0.25) is 5.91 Å². The van der Waals surface area contributed by atoms with Crippen LogP contribution in [-0.2, 0) is 11.3 Å². The van der Waals surface area contributed by atoms with Crippen LogP contribution in [0.4, 0.5) is 0 Å². The number of aromatic nitrogens is 2. The largest absolute Gasteiger partial charge is 0.336 e. The molecule has 1 aromatic carbocycles. The van der Waals surface area contributed by atoms with Crippen molar-refractivity contribution in [1.29, 1.82) is 5.26 Å². The minimum Gasteiger partial charge on any atom is -0.336 e. The van der Waals surface area contributed by atoms with Crippen molar-refractivity contribution in [3.8, 4) is 6.07 Å². The Balaban J connectivity index is 2.29. The minimum absolute atomic E-state index is 0.0566. The molecule has 23 heavy (non-hydrogen) atoms. The molecule has 0 bridgehead atoms. The lowest BCUT2D eigenvalue weighted by atomic mass is 9.90. The summed E-state index contributed by atoms with van der Waals surface area (Å²) in [6.45, 7) is 5.18. The first-order chi connectivity index (χ1) is 10.8. The normalized spacial score (nSPS) is 13.6. The van der Waals surface area contributed by atoms with E-state index in [1.807, 2.05) is 13.8 Å². The lowest BCUT2D eigenvalue weighted by Crippen LogP contribution is -2.50. The Kier molecular flexibility index (Phi) is 4.85. The molecule has 2 aromatic rings. The second-order valence-electron chi connectivity index (χ2n) is 5.86. The molecule has 7 heteroatoms. The number of nitrogens with zero attached hydrogens (tertiary/aromatic N) is 3. The van der Waals surface area contributed by atoms with E-state index in [4.69, 9.17) is 0 Å². The topological polar surface area (TPSA) is 87.8 Å². The molecule has 1 heterocycles. The van der Waals surface area contributed by atoms with E-state index in [1.165, 1.54) is 10.9 Å². The fourth-order valence-corrected chi connectivity index (χ4v) is 2.39. The first-order valence-corrected chi connectivity index (χ1v) is 7.93. The van der Waals surface area contributed by atoms with Crippen molar-refractivity contribution in [2.75, 3.05) is 0 Å². The highest BCUT2D eigenvalue weighted by molar-refractivity contribution is 9.10. The predicted octanol–water partition coefficient (Wildman–Crippen LogP) is 2.21. The SMILES string of the molecule is CC(C)[C@@](C)(C#N)NC(=O)Cn1cnc2ccc(Br)cc2c1=O. The standard InChI is InChI=1S/C16H17BrN4O2/c1-10(2)16(3,8-18)20-14(22)7-21-9-19-13-5-4-11(17)6-12(13)15(21)23/h4-6,9-10H,7H2,1-3H3,(H,20,22)/t16-/m1/s1. The molecule has 0 aliphatic carbocycles. The van der Waals surface area contributed by atoms with Gasteiger partial charge in [-0.15, -0.1) is 0 Å². The van der Waals surface area contributed by atoms with Gasteiger partial charge in [0.1, 0.15) is 12.1 Å². The number of carbonyl (C=O) groups is 1. The summed E-state index contributed by atoms with van der Waals surface area (Å²) in [7, 11) is 0. The average molecular weight is 377 g/mol. The number of carbonyl (C=O) groups excluding carboxylic acids is 1. The van der Waals surface area contributed by atoms with Gasteiger partial charge in [-0.1, -0.05) is 29.8 Å². The van der Waals surface area contributed by atoms with Gasteiger partial charge >= 0.3 is 0 Å². The maximum Gasteiger partial charge on any atom is 0.261 e. The highest BCUT2D eigenvalue weighted by Crippen LogP contribution is 2.16. The van der Waals surface area contributed by atoms with E-state index in [0.29, 0.717) is 10.9 Å². The predicted molar refractivity (Wildman–Crippen MR) is 90.7 cm³/mol. The third kappa shape index (κ3) is 3.59. The molecule has 1 atom stereocenters. The second-order valence-corrected chi connectivity index (χ2v) is 6.77. The Morgan fingerprint density at radius 1 is 1.52 bits per heavy atom. The maximum atomic E-state index is 12.4. The summed E-state index contributed by atoms with van der Waals surface area (Å²) in [5.41, 5.74) is -0.706. The molecule has 0 unspecified atom stereocenters. The molecular formula is C16H17BrN4O2. The Hall–Kier alpha value is -2.20. The van der Waals surface area contributed by atoms with Crippen molar-refractivity contribution >= 4 is 32.7 Å². The number of nitriles is 1. The van der Waals surface area contributed by atoms with Crippen LogP contribution in [0, 0.1) is 17.2 Å². The third-order valence-electron chi connectivity index (χ3n) is 3.89. The number of halogens is 1. The van der Waals surface area contributed by atoms with Gasteiger partial charge in [0.05, 0.1) is 23.3 Å². The summed E-state index contributed by atoms with van der Waals surface area (Å²) in [6.07, 6.45) is 1.34. The number of benzene rings is 1. The third-order valence-corrected chi connectivity index (χ3v) is 4.38. The van der Waals surface area contributed by atoms with Crippen molar-refractivity contribution in [2.45, 2.75) is 32.9 Å². The van der Waals surface area contributed by atoms with Gasteiger partial charge in [-0.2, -0.15) is 5.26 Å². The van der Waals surface area contributed by atoms with Crippen LogP contribution in [0.25, 0.3) is 10.9 Å². The van der Waals surface area contributed by atoms with Crippen molar-refractivity contribution in [2.24, 2.45) is 5.92 Å². The number of amides is 1.